The fourth-order valence-electron chi connectivity index (χ4n) is 2.97. The zero-order valence-electron chi connectivity index (χ0n) is 13.1. The first kappa shape index (κ1) is 14.2. The third-order valence-corrected chi connectivity index (χ3v) is 4.21. The third-order valence-electron chi connectivity index (χ3n) is 4.21. The number of ether oxygens (including phenoxy) is 1. The number of aromatic nitrogens is 1. The first-order valence-corrected chi connectivity index (χ1v) is 7.62. The summed E-state index contributed by atoms with van der Waals surface area (Å²) < 4.78 is 7.60. The molecule has 2 saturated heterocycles. The van der Waals surface area contributed by atoms with Crippen molar-refractivity contribution < 1.29 is 14.2 Å². The van der Waals surface area contributed by atoms with Crippen molar-refractivity contribution in [1.29, 1.82) is 0 Å². The van der Waals surface area contributed by atoms with E-state index in [1.54, 1.807) is 0 Å². The molecule has 5 nitrogen and oxygen atoms in total. The lowest BCUT2D eigenvalue weighted by atomic mass is 9.97. The van der Waals surface area contributed by atoms with E-state index >= 15 is 0 Å². The molecule has 1 spiro atoms. The predicted octanol–water partition coefficient (Wildman–Crippen LogP) is 1.70. The Balaban J connectivity index is 1.56. The molecule has 0 saturated carbocycles. The van der Waals surface area contributed by atoms with Crippen LogP contribution in [0.15, 0.2) is 30.6 Å². The Hall–Kier alpha value is -1.78. The number of amides is 1. The van der Waals surface area contributed by atoms with E-state index in [0.717, 1.165) is 32.5 Å². The van der Waals surface area contributed by atoms with Gasteiger partial charge in [0, 0.05) is 25.2 Å². The van der Waals surface area contributed by atoms with Crippen molar-refractivity contribution in [3.8, 4) is 0 Å². The molecule has 1 amide bonds. The van der Waals surface area contributed by atoms with Crippen molar-refractivity contribution in [3.05, 3.63) is 30.6 Å². The number of likely N-dealkylation sites (tertiary alicyclic amines) is 1. The topological polar surface area (TPSA) is 36.4 Å². The van der Waals surface area contributed by atoms with Crippen LogP contribution in [0.1, 0.15) is 33.6 Å². The molecule has 1 aromatic rings. The van der Waals surface area contributed by atoms with Gasteiger partial charge in [-0.2, -0.15) is 5.01 Å². The Morgan fingerprint density at radius 1 is 1.14 bits per heavy atom. The Morgan fingerprint density at radius 3 is 2.33 bits per heavy atom. The van der Waals surface area contributed by atoms with Crippen LogP contribution in [0, 0.1) is 0 Å². The minimum Gasteiger partial charge on any atom is -0.444 e. The second kappa shape index (κ2) is 4.90. The van der Waals surface area contributed by atoms with Crippen molar-refractivity contribution in [1.82, 2.24) is 4.90 Å². The van der Waals surface area contributed by atoms with Gasteiger partial charge in [-0.1, -0.05) is 10.7 Å². The zero-order chi connectivity index (χ0) is 15.1. The van der Waals surface area contributed by atoms with Crippen LogP contribution in [-0.4, -0.2) is 41.8 Å². The number of nitrogens with zero attached hydrogens (tertiary/aromatic N) is 3. The van der Waals surface area contributed by atoms with E-state index < -0.39 is 5.60 Å². The third kappa shape index (κ3) is 2.96. The number of pyridine rings is 1. The van der Waals surface area contributed by atoms with Crippen LogP contribution >= 0.6 is 0 Å². The van der Waals surface area contributed by atoms with Gasteiger partial charge < -0.3 is 9.64 Å². The van der Waals surface area contributed by atoms with Gasteiger partial charge in [-0.15, -0.1) is 0 Å². The Labute approximate surface area is 126 Å². The minimum atomic E-state index is -0.419. The molecule has 21 heavy (non-hydrogen) atoms. The molecule has 3 rings (SSSR count). The van der Waals surface area contributed by atoms with Crippen LogP contribution in [0.5, 0.6) is 0 Å². The smallest absolute Gasteiger partial charge is 0.410 e. The lowest BCUT2D eigenvalue weighted by Crippen LogP contribution is -2.52. The van der Waals surface area contributed by atoms with Crippen molar-refractivity contribution in [2.24, 2.45) is 0 Å². The molecule has 1 aromatic heterocycles. The average molecular weight is 290 g/mol. The number of carbonyl (C=O) groups excluding carboxylic acids is 1. The van der Waals surface area contributed by atoms with Crippen molar-refractivity contribution in [3.63, 3.8) is 0 Å². The summed E-state index contributed by atoms with van der Waals surface area (Å²) in [6.07, 6.45) is 5.99. The van der Waals surface area contributed by atoms with Crippen molar-refractivity contribution in [2.75, 3.05) is 24.6 Å². The first-order valence-electron chi connectivity index (χ1n) is 7.62. The molecule has 0 radical (unpaired) electrons. The molecule has 3 heterocycles. The predicted molar refractivity (Wildman–Crippen MR) is 79.5 cm³/mol. The summed E-state index contributed by atoms with van der Waals surface area (Å²) in [7, 11) is 0. The van der Waals surface area contributed by atoms with Gasteiger partial charge in [-0.05, 0) is 33.6 Å². The molecular weight excluding hydrogens is 266 g/mol. The summed E-state index contributed by atoms with van der Waals surface area (Å²) in [6, 6.07) is 6.11. The Morgan fingerprint density at radius 2 is 1.76 bits per heavy atom. The molecule has 0 aromatic carbocycles. The quantitative estimate of drug-likeness (QED) is 0.583. The first-order chi connectivity index (χ1) is 9.90. The number of carbonyl (C=O) groups is 1. The molecule has 2 aliphatic rings. The summed E-state index contributed by atoms with van der Waals surface area (Å²) in [5.41, 5.74) is -0.178. The van der Waals surface area contributed by atoms with E-state index in [2.05, 4.69) is 22.1 Å². The minimum absolute atomic E-state index is 0.183. The molecular formula is C16H24N3O2+. The largest absolute Gasteiger partial charge is 0.444 e. The molecule has 0 N–H and O–H groups in total. The highest BCUT2D eigenvalue weighted by Crippen LogP contribution is 2.37. The Bertz CT molecular complexity index is 516. The van der Waals surface area contributed by atoms with Gasteiger partial charge in [0.2, 0.25) is 0 Å². The van der Waals surface area contributed by atoms with Crippen molar-refractivity contribution in [2.45, 2.75) is 44.8 Å². The molecule has 2 fully saturated rings. The fraction of sp³-hybridized carbons (Fsp3) is 0.625. The van der Waals surface area contributed by atoms with E-state index in [1.165, 1.54) is 0 Å². The fourth-order valence-corrected chi connectivity index (χ4v) is 2.97. The van der Waals surface area contributed by atoms with Crippen molar-refractivity contribution >= 4 is 6.09 Å². The number of hydrogen-bond acceptors (Lipinski definition) is 3. The maximum absolute atomic E-state index is 12.1. The molecule has 0 bridgehead atoms. The van der Waals surface area contributed by atoms with Crippen LogP contribution < -0.4 is 9.69 Å². The molecule has 5 heteroatoms. The van der Waals surface area contributed by atoms with Crippen LogP contribution in [-0.2, 0) is 4.74 Å². The number of piperidine rings is 1. The zero-order valence-corrected chi connectivity index (χ0v) is 13.1. The summed E-state index contributed by atoms with van der Waals surface area (Å²) in [5, 5.41) is 2.37. The highest BCUT2D eigenvalue weighted by molar-refractivity contribution is 5.68. The number of rotatable bonds is 1. The van der Waals surface area contributed by atoms with Crippen LogP contribution in [0.4, 0.5) is 4.79 Å². The molecule has 0 atom stereocenters. The van der Waals surface area contributed by atoms with Gasteiger partial charge in [-0.25, -0.2) is 4.79 Å². The normalized spacial score (nSPS) is 20.5. The monoisotopic (exact) mass is 290 g/mol. The SMILES string of the molecule is CC(C)(C)OC(=O)N1CCC2(CC1)CN2[n+]1ccccc1. The van der Waals surface area contributed by atoms with E-state index in [4.69, 9.17) is 4.74 Å². The second-order valence-electron chi connectivity index (χ2n) is 7.00. The maximum Gasteiger partial charge on any atom is 0.410 e. The summed E-state index contributed by atoms with van der Waals surface area (Å²) in [5.74, 6) is 0. The lowest BCUT2D eigenvalue weighted by molar-refractivity contribution is -0.679. The van der Waals surface area contributed by atoms with Gasteiger partial charge in [0.05, 0.1) is 0 Å². The van der Waals surface area contributed by atoms with Crippen LogP contribution in [0.25, 0.3) is 0 Å². The molecule has 0 unspecified atom stereocenters. The second-order valence-corrected chi connectivity index (χ2v) is 7.00. The maximum atomic E-state index is 12.1. The Kier molecular flexibility index (Phi) is 3.30. The van der Waals surface area contributed by atoms with Gasteiger partial charge >= 0.3 is 6.09 Å². The van der Waals surface area contributed by atoms with E-state index in [-0.39, 0.29) is 11.6 Å². The lowest BCUT2D eigenvalue weighted by Gasteiger charge is -2.32. The molecule has 114 valence electrons. The van der Waals surface area contributed by atoms with Gasteiger partial charge in [-0.3, -0.25) is 0 Å². The van der Waals surface area contributed by atoms with E-state index in [9.17, 15) is 4.79 Å². The van der Waals surface area contributed by atoms with Crippen LogP contribution in [0.3, 0.4) is 0 Å². The van der Waals surface area contributed by atoms with Crippen LogP contribution in [0.2, 0.25) is 0 Å². The van der Waals surface area contributed by atoms with Gasteiger partial charge in [0.25, 0.3) is 0 Å². The van der Waals surface area contributed by atoms with E-state index in [0.29, 0.717) is 0 Å². The number of hydrogen-bond donors (Lipinski definition) is 0. The highest BCUT2D eigenvalue weighted by Gasteiger charge is 2.59. The van der Waals surface area contributed by atoms with Gasteiger partial charge in [0.15, 0.2) is 12.4 Å². The highest BCUT2D eigenvalue weighted by atomic mass is 16.6. The summed E-state index contributed by atoms with van der Waals surface area (Å²) in [4.78, 5) is 13.9. The summed E-state index contributed by atoms with van der Waals surface area (Å²) >= 11 is 0. The molecule has 0 aliphatic carbocycles. The van der Waals surface area contributed by atoms with Gasteiger partial charge in [0.1, 0.15) is 17.7 Å². The molecule has 2 aliphatic heterocycles. The standard InChI is InChI=1S/C16H24N3O2/c1-15(2,3)21-14(20)17-11-7-16(8-12-17)13-19(16)18-9-5-4-6-10-18/h4-6,9-10H,7-8,11-13H2,1-3H3/q+1. The summed E-state index contributed by atoms with van der Waals surface area (Å²) in [6.45, 7) is 8.35. The average Bonchev–Trinajstić information content (AvgIpc) is 3.12. The van der Waals surface area contributed by atoms with E-state index in [1.807, 2.05) is 43.9 Å².